The first-order valence-corrected chi connectivity index (χ1v) is 3.32. The lowest BCUT2D eigenvalue weighted by atomic mass is 10.4. The van der Waals surface area contributed by atoms with Crippen molar-refractivity contribution in [2.24, 2.45) is 0 Å². The molecule has 1 rings (SSSR count). The van der Waals surface area contributed by atoms with Crippen molar-refractivity contribution >= 4 is 11.3 Å². The highest BCUT2D eigenvalue weighted by Crippen LogP contribution is 2.10. The Morgan fingerprint density at radius 2 is 2.67 bits per heavy atom. The second kappa shape index (κ2) is 2.60. The van der Waals surface area contributed by atoms with E-state index in [1.807, 2.05) is 6.07 Å². The Morgan fingerprint density at radius 3 is 3.00 bits per heavy atom. The van der Waals surface area contributed by atoms with Crippen LogP contribution in [0.1, 0.15) is 9.88 Å². The topological polar surface area (TPSA) is 36.7 Å². The van der Waals surface area contributed by atoms with Crippen molar-refractivity contribution in [2.45, 2.75) is 6.42 Å². The largest absolute Gasteiger partial charge is 0.234 e. The van der Waals surface area contributed by atoms with Crippen LogP contribution in [0, 0.1) is 18.3 Å². The van der Waals surface area contributed by atoms with Gasteiger partial charge in [-0.2, -0.15) is 5.26 Å². The molecule has 0 N–H and O–H groups in total. The Bertz CT molecular complexity index is 233. The van der Waals surface area contributed by atoms with Gasteiger partial charge >= 0.3 is 0 Å². The maximum atomic E-state index is 8.32. The van der Waals surface area contributed by atoms with E-state index in [9.17, 15) is 0 Å². The van der Waals surface area contributed by atoms with Crippen LogP contribution in [0.5, 0.6) is 0 Å². The van der Waals surface area contributed by atoms with Gasteiger partial charge in [0, 0.05) is 11.1 Å². The van der Waals surface area contributed by atoms with Gasteiger partial charge in [-0.15, -0.1) is 11.3 Å². The van der Waals surface area contributed by atoms with Crippen LogP contribution in [-0.4, -0.2) is 4.98 Å². The maximum absolute atomic E-state index is 8.32. The van der Waals surface area contributed by atoms with Gasteiger partial charge in [-0.05, 0) is 13.3 Å². The van der Waals surface area contributed by atoms with E-state index in [0.29, 0.717) is 5.01 Å². The zero-order chi connectivity index (χ0) is 6.69. The first kappa shape index (κ1) is 6.24. The summed E-state index contributed by atoms with van der Waals surface area (Å²) in [6.07, 6.45) is 2.41. The number of hydrogen-bond acceptors (Lipinski definition) is 3. The summed E-state index contributed by atoms with van der Waals surface area (Å²) >= 11 is 1.40. The standard InChI is InChI=1S/C6H5N2S/c1-2-5-4-8-6(3-7)9-5/h4H,1-2H2. The van der Waals surface area contributed by atoms with Crippen LogP contribution in [-0.2, 0) is 6.42 Å². The quantitative estimate of drug-likeness (QED) is 0.586. The third kappa shape index (κ3) is 1.27. The molecule has 0 atom stereocenters. The summed E-state index contributed by atoms with van der Waals surface area (Å²) in [5, 5.41) is 8.85. The molecule has 0 unspecified atom stereocenters. The molecule has 0 amide bonds. The van der Waals surface area contributed by atoms with E-state index < -0.39 is 0 Å². The molecule has 0 aliphatic rings. The minimum Gasteiger partial charge on any atom is -0.234 e. The van der Waals surface area contributed by atoms with Crippen LogP contribution in [0.3, 0.4) is 0 Å². The zero-order valence-corrected chi connectivity index (χ0v) is 5.61. The van der Waals surface area contributed by atoms with Crippen molar-refractivity contribution in [3.05, 3.63) is 23.0 Å². The normalized spacial score (nSPS) is 8.89. The highest BCUT2D eigenvalue weighted by Gasteiger charge is 1.95. The number of aromatic nitrogens is 1. The van der Waals surface area contributed by atoms with Crippen molar-refractivity contribution in [1.82, 2.24) is 4.98 Å². The van der Waals surface area contributed by atoms with Crippen LogP contribution >= 0.6 is 11.3 Å². The SMILES string of the molecule is [CH2]Cc1cnc(C#N)s1. The number of thiazole rings is 1. The van der Waals surface area contributed by atoms with E-state index in [-0.39, 0.29) is 0 Å². The van der Waals surface area contributed by atoms with Crippen LogP contribution in [0.25, 0.3) is 0 Å². The summed E-state index contributed by atoms with van der Waals surface area (Å²) in [4.78, 5) is 4.88. The highest BCUT2D eigenvalue weighted by atomic mass is 32.1. The third-order valence-corrected chi connectivity index (χ3v) is 1.86. The minimum atomic E-state index is 0.522. The predicted octanol–water partition coefficient (Wildman–Crippen LogP) is 1.39. The van der Waals surface area contributed by atoms with Crippen molar-refractivity contribution in [3.63, 3.8) is 0 Å². The van der Waals surface area contributed by atoms with Crippen LogP contribution in [0.4, 0.5) is 0 Å². The minimum absolute atomic E-state index is 0.522. The summed E-state index contributed by atoms with van der Waals surface area (Å²) in [6.45, 7) is 3.66. The zero-order valence-electron chi connectivity index (χ0n) is 4.79. The fourth-order valence-corrected chi connectivity index (χ4v) is 1.08. The molecule has 0 spiro atoms. The van der Waals surface area contributed by atoms with Gasteiger partial charge < -0.3 is 0 Å². The molecule has 45 valence electrons. The van der Waals surface area contributed by atoms with Crippen LogP contribution in [0.15, 0.2) is 6.20 Å². The van der Waals surface area contributed by atoms with E-state index in [4.69, 9.17) is 5.26 Å². The molecule has 2 nitrogen and oxygen atoms in total. The molecular formula is C6H5N2S. The average molecular weight is 137 g/mol. The van der Waals surface area contributed by atoms with Gasteiger partial charge in [0.25, 0.3) is 0 Å². The molecule has 1 heterocycles. The molecule has 0 fully saturated rings. The third-order valence-electron chi connectivity index (χ3n) is 0.896. The molecule has 0 saturated carbocycles. The van der Waals surface area contributed by atoms with Crippen molar-refractivity contribution in [3.8, 4) is 6.07 Å². The second-order valence-electron chi connectivity index (χ2n) is 1.49. The smallest absolute Gasteiger partial charge is 0.194 e. The number of hydrogen-bond donors (Lipinski definition) is 0. The molecule has 9 heavy (non-hydrogen) atoms. The number of nitriles is 1. The average Bonchev–Trinajstić information content (AvgIpc) is 2.34. The lowest BCUT2D eigenvalue weighted by Gasteiger charge is -1.77. The van der Waals surface area contributed by atoms with Gasteiger partial charge in [-0.25, -0.2) is 4.98 Å². The molecular weight excluding hydrogens is 132 g/mol. The van der Waals surface area contributed by atoms with E-state index in [1.165, 1.54) is 11.3 Å². The molecule has 0 aliphatic carbocycles. The maximum Gasteiger partial charge on any atom is 0.194 e. The lowest BCUT2D eigenvalue weighted by Crippen LogP contribution is -1.65. The van der Waals surface area contributed by atoms with Crippen molar-refractivity contribution < 1.29 is 0 Å². The van der Waals surface area contributed by atoms with E-state index in [1.54, 1.807) is 6.20 Å². The summed E-state index contributed by atoms with van der Waals surface area (Å²) in [6, 6.07) is 1.96. The highest BCUT2D eigenvalue weighted by molar-refractivity contribution is 7.12. The molecule has 0 aromatic carbocycles. The van der Waals surface area contributed by atoms with E-state index in [2.05, 4.69) is 11.9 Å². The molecule has 1 aromatic heterocycles. The Labute approximate surface area is 57.8 Å². The van der Waals surface area contributed by atoms with Gasteiger partial charge in [0.15, 0.2) is 5.01 Å². The van der Waals surface area contributed by atoms with Gasteiger partial charge in [0.2, 0.25) is 0 Å². The lowest BCUT2D eigenvalue weighted by molar-refractivity contribution is 1.28. The fourth-order valence-electron chi connectivity index (χ4n) is 0.475. The van der Waals surface area contributed by atoms with Crippen LogP contribution < -0.4 is 0 Å². The first-order valence-electron chi connectivity index (χ1n) is 2.51. The molecule has 0 saturated heterocycles. The van der Waals surface area contributed by atoms with Gasteiger partial charge in [-0.3, -0.25) is 0 Å². The number of rotatable bonds is 1. The first-order chi connectivity index (χ1) is 4.36. The molecule has 3 heteroatoms. The summed E-state index contributed by atoms with van der Waals surface area (Å²) in [5.74, 6) is 0. The summed E-state index contributed by atoms with van der Waals surface area (Å²) in [5.41, 5.74) is 0. The predicted molar refractivity (Wildman–Crippen MR) is 35.9 cm³/mol. The Hall–Kier alpha value is -0.880. The summed E-state index contributed by atoms with van der Waals surface area (Å²) < 4.78 is 0. The van der Waals surface area contributed by atoms with E-state index in [0.717, 1.165) is 11.3 Å². The number of nitrogens with zero attached hydrogens (tertiary/aromatic N) is 2. The Morgan fingerprint density at radius 1 is 1.89 bits per heavy atom. The monoisotopic (exact) mass is 137 g/mol. The van der Waals surface area contributed by atoms with Crippen molar-refractivity contribution in [1.29, 1.82) is 5.26 Å². The summed E-state index contributed by atoms with van der Waals surface area (Å²) in [7, 11) is 0. The molecule has 1 radical (unpaired) electrons. The molecule has 0 bridgehead atoms. The Balaban J connectivity index is 2.90. The van der Waals surface area contributed by atoms with E-state index >= 15 is 0 Å². The molecule has 0 aliphatic heterocycles. The molecule has 1 aromatic rings. The second-order valence-corrected chi connectivity index (χ2v) is 2.61. The van der Waals surface area contributed by atoms with Gasteiger partial charge in [0.05, 0.1) is 0 Å². The fraction of sp³-hybridized carbons (Fsp3) is 0.167. The van der Waals surface area contributed by atoms with Crippen molar-refractivity contribution in [2.75, 3.05) is 0 Å². The Kier molecular flexibility index (Phi) is 1.81. The van der Waals surface area contributed by atoms with Gasteiger partial charge in [-0.1, -0.05) is 0 Å². The van der Waals surface area contributed by atoms with Gasteiger partial charge in [0.1, 0.15) is 6.07 Å². The van der Waals surface area contributed by atoms with Crippen LogP contribution in [0.2, 0.25) is 0 Å².